The zero-order valence-corrected chi connectivity index (χ0v) is 18.8. The fourth-order valence-electron chi connectivity index (χ4n) is 3.26. The Morgan fingerprint density at radius 2 is 2.00 bits per heavy atom. The highest BCUT2D eigenvalue weighted by atomic mass is 79.9. The lowest BCUT2D eigenvalue weighted by Crippen LogP contribution is -2.29. The number of carbonyl (C=O) groups excluding carboxylic acids is 1. The van der Waals surface area contributed by atoms with Crippen LogP contribution in [-0.4, -0.2) is 20.8 Å². The number of carbonyl (C=O) groups is 1. The Bertz CT molecular complexity index is 1620. The highest BCUT2D eigenvalue weighted by molar-refractivity contribution is 9.10. The number of nitrogens with one attached hydrogen (secondary N) is 3. The van der Waals surface area contributed by atoms with Crippen LogP contribution in [0.15, 0.2) is 67.6 Å². The molecule has 0 saturated carbocycles. The number of anilines is 1. The van der Waals surface area contributed by atoms with Crippen LogP contribution in [0.1, 0.15) is 10.5 Å². The third-order valence-electron chi connectivity index (χ3n) is 4.82. The van der Waals surface area contributed by atoms with Crippen molar-refractivity contribution in [3.63, 3.8) is 0 Å². The standard InChI is InChI=1S/C21H12BrN5O5S/c22-12-1-4-18-11(5-12)7-14(20(29)32-18)17-9-33-21(24-17)26-25-19(28)16-8-10-6-13(27(30)31)2-3-15(10)23-16/h1-9,23H,(H,24,26)(H,25,28). The molecule has 0 saturated heterocycles. The summed E-state index contributed by atoms with van der Waals surface area (Å²) in [5.41, 5.74) is 6.64. The second-order valence-corrected chi connectivity index (χ2v) is 8.73. The number of hydrazine groups is 1. The Balaban J connectivity index is 1.33. The van der Waals surface area contributed by atoms with Crippen molar-refractivity contribution in [3.05, 3.63) is 84.6 Å². The number of aromatic nitrogens is 2. The van der Waals surface area contributed by atoms with Crippen LogP contribution in [0, 0.1) is 10.1 Å². The van der Waals surface area contributed by atoms with E-state index in [0.29, 0.717) is 32.9 Å². The summed E-state index contributed by atoms with van der Waals surface area (Å²) in [7, 11) is 0. The van der Waals surface area contributed by atoms with Gasteiger partial charge in [-0.05, 0) is 36.4 Å². The molecule has 0 radical (unpaired) electrons. The van der Waals surface area contributed by atoms with E-state index in [1.165, 1.54) is 29.5 Å². The lowest BCUT2D eigenvalue weighted by atomic mass is 10.1. The Morgan fingerprint density at radius 1 is 1.15 bits per heavy atom. The van der Waals surface area contributed by atoms with Gasteiger partial charge in [0, 0.05) is 38.3 Å². The number of rotatable bonds is 5. The van der Waals surface area contributed by atoms with Crippen LogP contribution in [0.4, 0.5) is 10.8 Å². The average Bonchev–Trinajstić information content (AvgIpc) is 3.43. The Labute approximate surface area is 196 Å². The summed E-state index contributed by atoms with van der Waals surface area (Å²) in [4.78, 5) is 42.5. The quantitative estimate of drug-likeness (QED) is 0.169. The number of aromatic amines is 1. The summed E-state index contributed by atoms with van der Waals surface area (Å²) in [5.74, 6) is -0.485. The van der Waals surface area contributed by atoms with Crippen molar-refractivity contribution >= 4 is 65.9 Å². The summed E-state index contributed by atoms with van der Waals surface area (Å²) in [6.07, 6.45) is 0. The third kappa shape index (κ3) is 4.08. The number of benzene rings is 2. The largest absolute Gasteiger partial charge is 0.422 e. The van der Waals surface area contributed by atoms with Crippen molar-refractivity contribution in [3.8, 4) is 11.3 Å². The van der Waals surface area contributed by atoms with Crippen molar-refractivity contribution in [2.24, 2.45) is 0 Å². The molecule has 0 unspecified atom stereocenters. The monoisotopic (exact) mass is 525 g/mol. The topological polar surface area (TPSA) is 143 Å². The number of non-ortho nitro benzene ring substituents is 1. The summed E-state index contributed by atoms with van der Waals surface area (Å²) >= 11 is 4.59. The van der Waals surface area contributed by atoms with Crippen molar-refractivity contribution < 1.29 is 14.1 Å². The second kappa shape index (κ2) is 8.15. The minimum atomic E-state index is -0.516. The maximum atomic E-state index is 12.5. The van der Waals surface area contributed by atoms with Crippen molar-refractivity contribution in [2.45, 2.75) is 0 Å². The molecule has 3 heterocycles. The number of halogens is 1. The van der Waals surface area contributed by atoms with Gasteiger partial charge in [-0.2, -0.15) is 0 Å². The molecule has 0 aliphatic rings. The molecule has 10 nitrogen and oxygen atoms in total. The minimum Gasteiger partial charge on any atom is -0.422 e. The van der Waals surface area contributed by atoms with Crippen molar-refractivity contribution in [1.82, 2.24) is 15.4 Å². The molecule has 0 fully saturated rings. The molecule has 0 bridgehead atoms. The summed E-state index contributed by atoms with van der Waals surface area (Å²) in [5, 5.41) is 14.2. The molecule has 12 heteroatoms. The number of nitro groups is 1. The maximum absolute atomic E-state index is 12.5. The van der Waals surface area contributed by atoms with Crippen LogP contribution in [0.3, 0.4) is 0 Å². The SMILES string of the molecule is O=C(NNc1nc(-c2cc3cc(Br)ccc3oc2=O)cs1)c1cc2cc([N+](=O)[O-])ccc2[nH]1. The van der Waals surface area contributed by atoms with Gasteiger partial charge in [0.2, 0.25) is 5.13 Å². The lowest BCUT2D eigenvalue weighted by Gasteiger charge is -2.03. The van der Waals surface area contributed by atoms with Crippen LogP contribution in [-0.2, 0) is 0 Å². The van der Waals surface area contributed by atoms with Gasteiger partial charge in [-0.1, -0.05) is 15.9 Å². The molecule has 3 aromatic heterocycles. The number of H-pyrrole nitrogens is 1. The van der Waals surface area contributed by atoms with Gasteiger partial charge in [-0.15, -0.1) is 11.3 Å². The van der Waals surface area contributed by atoms with E-state index in [9.17, 15) is 19.7 Å². The Kier molecular flexibility index (Phi) is 5.15. The molecule has 5 rings (SSSR count). The molecule has 3 N–H and O–H groups in total. The molecule has 5 aromatic rings. The van der Waals surface area contributed by atoms with Gasteiger partial charge in [-0.3, -0.25) is 25.8 Å². The van der Waals surface area contributed by atoms with Crippen LogP contribution < -0.4 is 16.5 Å². The van der Waals surface area contributed by atoms with Crippen LogP contribution in [0.25, 0.3) is 33.1 Å². The van der Waals surface area contributed by atoms with Gasteiger partial charge in [0.15, 0.2) is 0 Å². The third-order valence-corrected chi connectivity index (χ3v) is 6.07. The number of nitro benzene ring substituents is 1. The zero-order valence-electron chi connectivity index (χ0n) is 16.4. The molecule has 2 aromatic carbocycles. The number of nitrogens with zero attached hydrogens (tertiary/aromatic N) is 2. The van der Waals surface area contributed by atoms with E-state index in [-0.39, 0.29) is 11.4 Å². The normalized spacial score (nSPS) is 11.1. The van der Waals surface area contributed by atoms with E-state index in [1.54, 1.807) is 29.6 Å². The summed E-state index contributed by atoms with van der Waals surface area (Å²) < 4.78 is 6.22. The van der Waals surface area contributed by atoms with Gasteiger partial charge in [0.1, 0.15) is 11.3 Å². The predicted octanol–water partition coefficient (Wildman–Crippen LogP) is 4.83. The zero-order chi connectivity index (χ0) is 23.1. The van der Waals surface area contributed by atoms with Crippen molar-refractivity contribution in [2.75, 3.05) is 5.43 Å². The average molecular weight is 526 g/mol. The van der Waals surface area contributed by atoms with Gasteiger partial charge in [0.05, 0.1) is 16.2 Å². The van der Waals surface area contributed by atoms with E-state index in [0.717, 1.165) is 9.86 Å². The van der Waals surface area contributed by atoms with E-state index in [1.807, 2.05) is 6.07 Å². The Hall–Kier alpha value is -4.03. The first-order valence-electron chi connectivity index (χ1n) is 9.40. The first kappa shape index (κ1) is 20.8. The van der Waals surface area contributed by atoms with Crippen LogP contribution >= 0.6 is 27.3 Å². The summed E-state index contributed by atoms with van der Waals surface area (Å²) in [6, 6.07) is 12.8. The minimum absolute atomic E-state index is 0.0626. The molecule has 1 amide bonds. The first-order valence-corrected chi connectivity index (χ1v) is 11.1. The van der Waals surface area contributed by atoms with Crippen molar-refractivity contribution in [1.29, 1.82) is 0 Å². The molecule has 0 aliphatic heterocycles. The molecular weight excluding hydrogens is 514 g/mol. The number of amides is 1. The van der Waals surface area contributed by atoms with Gasteiger partial charge in [-0.25, -0.2) is 9.78 Å². The number of thiazole rings is 1. The molecule has 0 aliphatic carbocycles. The fourth-order valence-corrected chi connectivity index (χ4v) is 4.30. The van der Waals surface area contributed by atoms with E-state index in [4.69, 9.17) is 4.42 Å². The Morgan fingerprint density at radius 3 is 2.82 bits per heavy atom. The van der Waals surface area contributed by atoms with E-state index < -0.39 is 16.5 Å². The van der Waals surface area contributed by atoms with Gasteiger partial charge >= 0.3 is 5.63 Å². The summed E-state index contributed by atoms with van der Waals surface area (Å²) in [6.45, 7) is 0. The smallest absolute Gasteiger partial charge is 0.345 e. The molecular formula is C21H12BrN5O5S. The molecule has 164 valence electrons. The number of hydrogen-bond acceptors (Lipinski definition) is 8. The van der Waals surface area contributed by atoms with E-state index >= 15 is 0 Å². The highest BCUT2D eigenvalue weighted by Crippen LogP contribution is 2.26. The number of hydrogen-bond donors (Lipinski definition) is 3. The van der Waals surface area contributed by atoms with E-state index in [2.05, 4.69) is 36.7 Å². The predicted molar refractivity (Wildman–Crippen MR) is 127 cm³/mol. The highest BCUT2D eigenvalue weighted by Gasteiger charge is 2.15. The first-order chi connectivity index (χ1) is 15.9. The van der Waals surface area contributed by atoms with Gasteiger partial charge in [0.25, 0.3) is 11.6 Å². The molecule has 0 spiro atoms. The second-order valence-electron chi connectivity index (χ2n) is 6.96. The van der Waals surface area contributed by atoms with Crippen LogP contribution in [0.5, 0.6) is 0 Å². The molecule has 0 atom stereocenters. The maximum Gasteiger partial charge on any atom is 0.345 e. The molecule has 33 heavy (non-hydrogen) atoms. The van der Waals surface area contributed by atoms with Gasteiger partial charge < -0.3 is 9.40 Å². The lowest BCUT2D eigenvalue weighted by molar-refractivity contribution is -0.384. The number of fused-ring (bicyclic) bond motifs is 2. The fraction of sp³-hybridized carbons (Fsp3) is 0. The van der Waals surface area contributed by atoms with Crippen LogP contribution in [0.2, 0.25) is 0 Å².